The molecule has 0 spiro atoms. The first-order valence-electron chi connectivity index (χ1n) is 5.74. The van der Waals surface area contributed by atoms with E-state index in [1.54, 1.807) is 23.9 Å². The fourth-order valence-corrected chi connectivity index (χ4v) is 1.50. The molecule has 0 aliphatic rings. The van der Waals surface area contributed by atoms with Crippen LogP contribution in [0.4, 0.5) is 0 Å². The fourth-order valence-electron chi connectivity index (χ4n) is 1.50. The molecule has 0 atom stereocenters. The number of hydrogen-bond donors (Lipinski definition) is 1. The van der Waals surface area contributed by atoms with Crippen LogP contribution < -0.4 is 11.3 Å². The van der Waals surface area contributed by atoms with Gasteiger partial charge in [0, 0.05) is 38.6 Å². The van der Waals surface area contributed by atoms with Crippen LogP contribution in [-0.2, 0) is 22.6 Å². The monoisotopic (exact) mass is 240 g/mol. The molecule has 1 aromatic heterocycles. The van der Waals surface area contributed by atoms with E-state index in [0.29, 0.717) is 31.9 Å². The predicted molar refractivity (Wildman–Crippen MR) is 65.9 cm³/mol. The van der Waals surface area contributed by atoms with E-state index < -0.39 is 0 Å². The van der Waals surface area contributed by atoms with Crippen LogP contribution in [-0.4, -0.2) is 31.5 Å². The molecular formula is C12H20N2O3. The molecule has 5 nitrogen and oxygen atoms in total. The summed E-state index contributed by atoms with van der Waals surface area (Å²) in [7, 11) is 1.64. The van der Waals surface area contributed by atoms with Gasteiger partial charge >= 0.3 is 0 Å². The number of nitrogens with two attached hydrogens (primary N) is 1. The topological polar surface area (TPSA) is 66.5 Å². The quantitative estimate of drug-likeness (QED) is 0.666. The molecule has 0 aliphatic carbocycles. The standard InChI is InChI=1S/C12H20N2O3/c1-16-8-9-17-7-3-6-14-5-2-4-11(10-13)12(14)15/h2,4-5H,3,6-10,13H2,1H3. The third-order valence-corrected chi connectivity index (χ3v) is 2.44. The Morgan fingerprint density at radius 1 is 1.35 bits per heavy atom. The summed E-state index contributed by atoms with van der Waals surface area (Å²) in [6, 6.07) is 3.60. The van der Waals surface area contributed by atoms with Gasteiger partial charge in [-0.05, 0) is 12.5 Å². The SMILES string of the molecule is COCCOCCCn1cccc(CN)c1=O. The molecule has 0 aromatic carbocycles. The van der Waals surface area contributed by atoms with E-state index >= 15 is 0 Å². The molecule has 0 amide bonds. The molecule has 0 fully saturated rings. The second-order valence-electron chi connectivity index (χ2n) is 3.69. The van der Waals surface area contributed by atoms with Crippen molar-refractivity contribution in [1.82, 2.24) is 4.57 Å². The molecule has 0 radical (unpaired) electrons. The summed E-state index contributed by atoms with van der Waals surface area (Å²) >= 11 is 0. The van der Waals surface area contributed by atoms with Crippen LogP contribution in [0.15, 0.2) is 23.1 Å². The van der Waals surface area contributed by atoms with Crippen LogP contribution in [0.25, 0.3) is 0 Å². The highest BCUT2D eigenvalue weighted by Crippen LogP contribution is 1.93. The smallest absolute Gasteiger partial charge is 0.255 e. The van der Waals surface area contributed by atoms with Crippen molar-refractivity contribution in [2.24, 2.45) is 5.73 Å². The highest BCUT2D eigenvalue weighted by atomic mass is 16.5. The zero-order chi connectivity index (χ0) is 12.5. The Bertz CT molecular complexity index is 376. The average Bonchev–Trinajstić information content (AvgIpc) is 2.35. The summed E-state index contributed by atoms with van der Waals surface area (Å²) in [5, 5.41) is 0. The highest BCUT2D eigenvalue weighted by Gasteiger charge is 2.00. The van der Waals surface area contributed by atoms with Gasteiger partial charge in [-0.3, -0.25) is 4.79 Å². The van der Waals surface area contributed by atoms with Gasteiger partial charge in [-0.1, -0.05) is 6.07 Å². The Hall–Kier alpha value is -1.17. The van der Waals surface area contributed by atoms with Crippen molar-refractivity contribution in [3.8, 4) is 0 Å². The Morgan fingerprint density at radius 2 is 2.18 bits per heavy atom. The minimum atomic E-state index is -0.00751. The van der Waals surface area contributed by atoms with Gasteiger partial charge in [0.05, 0.1) is 13.2 Å². The third kappa shape index (κ3) is 4.68. The molecule has 96 valence electrons. The van der Waals surface area contributed by atoms with Crippen LogP contribution in [0.2, 0.25) is 0 Å². The second kappa shape index (κ2) is 8.00. The van der Waals surface area contributed by atoms with Crippen LogP contribution in [0.5, 0.6) is 0 Å². The Morgan fingerprint density at radius 3 is 2.88 bits per heavy atom. The molecular weight excluding hydrogens is 220 g/mol. The van der Waals surface area contributed by atoms with Gasteiger partial charge < -0.3 is 19.8 Å². The highest BCUT2D eigenvalue weighted by molar-refractivity contribution is 5.09. The molecule has 0 saturated heterocycles. The van der Waals surface area contributed by atoms with Crippen LogP contribution in [0.1, 0.15) is 12.0 Å². The van der Waals surface area contributed by atoms with Crippen molar-refractivity contribution in [3.63, 3.8) is 0 Å². The van der Waals surface area contributed by atoms with Crippen molar-refractivity contribution >= 4 is 0 Å². The van der Waals surface area contributed by atoms with Crippen LogP contribution >= 0.6 is 0 Å². The number of ether oxygens (including phenoxy) is 2. The Labute approximate surface area is 101 Å². The average molecular weight is 240 g/mol. The maximum atomic E-state index is 11.8. The molecule has 5 heteroatoms. The number of aryl methyl sites for hydroxylation is 1. The van der Waals surface area contributed by atoms with Gasteiger partial charge in [0.25, 0.3) is 5.56 Å². The number of methoxy groups -OCH3 is 1. The Balaban J connectivity index is 2.34. The summed E-state index contributed by atoms with van der Waals surface area (Å²) in [6.45, 7) is 2.75. The molecule has 2 N–H and O–H groups in total. The minimum Gasteiger partial charge on any atom is -0.382 e. The zero-order valence-electron chi connectivity index (χ0n) is 10.2. The lowest BCUT2D eigenvalue weighted by Crippen LogP contribution is -2.25. The Kier molecular flexibility index (Phi) is 6.54. The van der Waals surface area contributed by atoms with Crippen molar-refractivity contribution in [1.29, 1.82) is 0 Å². The summed E-state index contributed by atoms with van der Waals surface area (Å²) in [6.07, 6.45) is 2.58. The lowest BCUT2D eigenvalue weighted by molar-refractivity contribution is 0.0679. The fraction of sp³-hybridized carbons (Fsp3) is 0.583. The van der Waals surface area contributed by atoms with E-state index in [1.807, 2.05) is 6.07 Å². The second-order valence-corrected chi connectivity index (χ2v) is 3.69. The lowest BCUT2D eigenvalue weighted by Gasteiger charge is -2.07. The van der Waals surface area contributed by atoms with Crippen LogP contribution in [0, 0.1) is 0 Å². The summed E-state index contributed by atoms with van der Waals surface area (Å²) in [5.41, 5.74) is 6.12. The van der Waals surface area contributed by atoms with Crippen molar-refractivity contribution in [3.05, 3.63) is 34.2 Å². The molecule has 0 aliphatic heterocycles. The molecule has 1 aromatic rings. The molecule has 1 rings (SSSR count). The van der Waals surface area contributed by atoms with E-state index in [1.165, 1.54) is 0 Å². The molecule has 0 bridgehead atoms. The maximum Gasteiger partial charge on any atom is 0.255 e. The van der Waals surface area contributed by atoms with Gasteiger partial charge in [0.15, 0.2) is 0 Å². The maximum absolute atomic E-state index is 11.8. The minimum absolute atomic E-state index is 0.00751. The zero-order valence-corrected chi connectivity index (χ0v) is 10.2. The number of hydrogen-bond acceptors (Lipinski definition) is 4. The van der Waals surface area contributed by atoms with E-state index in [-0.39, 0.29) is 12.1 Å². The van der Waals surface area contributed by atoms with Gasteiger partial charge in [-0.2, -0.15) is 0 Å². The lowest BCUT2D eigenvalue weighted by atomic mass is 10.3. The molecule has 0 unspecified atom stereocenters. The third-order valence-electron chi connectivity index (χ3n) is 2.44. The van der Waals surface area contributed by atoms with Crippen LogP contribution in [0.3, 0.4) is 0 Å². The van der Waals surface area contributed by atoms with Crippen molar-refractivity contribution in [2.75, 3.05) is 26.9 Å². The van der Waals surface area contributed by atoms with E-state index in [0.717, 1.165) is 6.42 Å². The largest absolute Gasteiger partial charge is 0.382 e. The molecule has 0 saturated carbocycles. The first-order chi connectivity index (χ1) is 8.29. The summed E-state index contributed by atoms with van der Waals surface area (Å²) in [4.78, 5) is 11.8. The van der Waals surface area contributed by atoms with Gasteiger partial charge in [-0.25, -0.2) is 0 Å². The van der Waals surface area contributed by atoms with E-state index in [9.17, 15) is 4.79 Å². The molecule has 1 heterocycles. The van der Waals surface area contributed by atoms with Crippen molar-refractivity contribution < 1.29 is 9.47 Å². The van der Waals surface area contributed by atoms with Gasteiger partial charge in [0.1, 0.15) is 0 Å². The van der Waals surface area contributed by atoms with Gasteiger partial charge in [0.2, 0.25) is 0 Å². The van der Waals surface area contributed by atoms with E-state index in [4.69, 9.17) is 15.2 Å². The summed E-state index contributed by atoms with van der Waals surface area (Å²) < 4.78 is 11.9. The molecule has 17 heavy (non-hydrogen) atoms. The number of pyridine rings is 1. The normalized spacial score (nSPS) is 10.7. The summed E-state index contributed by atoms with van der Waals surface area (Å²) in [5.74, 6) is 0. The number of nitrogens with zero attached hydrogens (tertiary/aromatic N) is 1. The van der Waals surface area contributed by atoms with Crippen molar-refractivity contribution in [2.45, 2.75) is 19.5 Å². The first-order valence-corrected chi connectivity index (χ1v) is 5.74. The van der Waals surface area contributed by atoms with E-state index in [2.05, 4.69) is 0 Å². The first kappa shape index (κ1) is 13.9. The number of aromatic nitrogens is 1. The predicted octanol–water partition coefficient (Wildman–Crippen LogP) is 0.360. The van der Waals surface area contributed by atoms with Gasteiger partial charge in [-0.15, -0.1) is 0 Å². The number of rotatable bonds is 8.